The highest BCUT2D eigenvalue weighted by Gasteiger charge is 2.55. The summed E-state index contributed by atoms with van der Waals surface area (Å²) < 4.78 is 5.68. The Balaban J connectivity index is 1.52. The van der Waals surface area contributed by atoms with E-state index in [1.165, 1.54) is 4.90 Å². The van der Waals surface area contributed by atoms with Crippen molar-refractivity contribution in [1.29, 1.82) is 0 Å². The third kappa shape index (κ3) is 5.82. The Labute approximate surface area is 201 Å². The van der Waals surface area contributed by atoms with Crippen molar-refractivity contribution in [3.63, 3.8) is 0 Å². The normalized spacial score (nSPS) is 24.1. The summed E-state index contributed by atoms with van der Waals surface area (Å²) in [5, 5.41) is 13.0. The number of imide groups is 1. The highest BCUT2D eigenvalue weighted by atomic mass is 16.6. The molecule has 4 amide bonds. The van der Waals surface area contributed by atoms with Gasteiger partial charge in [-0.2, -0.15) is 0 Å². The first-order valence-corrected chi connectivity index (χ1v) is 12.6. The lowest BCUT2D eigenvalue weighted by Crippen LogP contribution is -2.69. The summed E-state index contributed by atoms with van der Waals surface area (Å²) in [5.41, 5.74) is 0. The predicted molar refractivity (Wildman–Crippen MR) is 125 cm³/mol. The molecule has 2 N–H and O–H groups in total. The van der Waals surface area contributed by atoms with Crippen LogP contribution in [0.3, 0.4) is 0 Å². The van der Waals surface area contributed by atoms with E-state index in [0.29, 0.717) is 12.3 Å². The van der Waals surface area contributed by atoms with Crippen LogP contribution in [0.1, 0.15) is 53.4 Å². The van der Waals surface area contributed by atoms with Crippen molar-refractivity contribution in [3.05, 3.63) is 0 Å². The van der Waals surface area contributed by atoms with Gasteiger partial charge in [0.1, 0.15) is 6.10 Å². The number of ether oxygens (including phenoxy) is 1. The van der Waals surface area contributed by atoms with Crippen molar-refractivity contribution < 1.29 is 29.0 Å². The molecule has 10 heteroatoms. The first-order valence-electron chi connectivity index (χ1n) is 12.6. The molecular weight excluding hydrogens is 440 g/mol. The molecule has 10 nitrogen and oxygen atoms in total. The topological polar surface area (TPSA) is 119 Å². The van der Waals surface area contributed by atoms with Crippen molar-refractivity contribution in [3.8, 4) is 0 Å². The summed E-state index contributed by atoms with van der Waals surface area (Å²) in [6.07, 6.45) is 2.77. The van der Waals surface area contributed by atoms with Crippen LogP contribution in [0.5, 0.6) is 0 Å². The van der Waals surface area contributed by atoms with E-state index in [0.717, 1.165) is 37.3 Å². The summed E-state index contributed by atoms with van der Waals surface area (Å²) >= 11 is 0. The van der Waals surface area contributed by atoms with Gasteiger partial charge in [0.05, 0.1) is 5.92 Å². The lowest BCUT2D eigenvalue weighted by molar-refractivity contribution is -0.167. The van der Waals surface area contributed by atoms with Crippen LogP contribution in [0, 0.1) is 23.7 Å². The second kappa shape index (κ2) is 11.4. The van der Waals surface area contributed by atoms with E-state index in [1.807, 2.05) is 27.7 Å². The highest BCUT2D eigenvalue weighted by Crippen LogP contribution is 2.34. The molecular formula is C24H40N4O6. The molecule has 34 heavy (non-hydrogen) atoms. The maximum atomic E-state index is 13.0. The van der Waals surface area contributed by atoms with Crippen LogP contribution >= 0.6 is 0 Å². The lowest BCUT2D eigenvalue weighted by atomic mass is 9.80. The molecule has 0 aromatic rings. The Morgan fingerprint density at radius 2 is 1.53 bits per heavy atom. The van der Waals surface area contributed by atoms with Crippen LogP contribution in [0.15, 0.2) is 0 Å². The standard InChI is InChI=1S/C24H40N4O6/c1-15(2)20(16(3)4)34-24(33)27-13-11-26(12-14-27)23(32)28-19(22(30)31)18(21(28)29)6-5-17-7-9-25-10-8-17/h15-20,25H,5-14H2,1-4H3,(H,30,31)/t18-,19+/m1/s1. The maximum Gasteiger partial charge on any atom is 0.410 e. The fourth-order valence-corrected chi connectivity index (χ4v) is 5.38. The number of urea groups is 1. The number of piperidine rings is 1. The number of β-lactam (4-membered cyclic amide) rings is 1. The van der Waals surface area contributed by atoms with Gasteiger partial charge in [-0.25, -0.2) is 19.3 Å². The molecule has 192 valence electrons. The molecule has 0 aliphatic carbocycles. The van der Waals surface area contributed by atoms with Gasteiger partial charge in [0.25, 0.3) is 0 Å². The molecule has 0 saturated carbocycles. The van der Waals surface area contributed by atoms with Gasteiger partial charge in [-0.3, -0.25) is 4.79 Å². The van der Waals surface area contributed by atoms with Crippen LogP contribution < -0.4 is 5.32 Å². The lowest BCUT2D eigenvalue weighted by Gasteiger charge is -2.46. The van der Waals surface area contributed by atoms with E-state index in [4.69, 9.17) is 4.74 Å². The number of nitrogens with zero attached hydrogens (tertiary/aromatic N) is 3. The van der Waals surface area contributed by atoms with E-state index in [1.54, 1.807) is 4.90 Å². The van der Waals surface area contributed by atoms with Crippen LogP contribution in [-0.2, 0) is 14.3 Å². The fourth-order valence-electron chi connectivity index (χ4n) is 5.38. The molecule has 0 aromatic heterocycles. The smallest absolute Gasteiger partial charge is 0.410 e. The van der Waals surface area contributed by atoms with Crippen LogP contribution in [0.4, 0.5) is 9.59 Å². The minimum absolute atomic E-state index is 0.191. The Morgan fingerprint density at radius 1 is 0.971 bits per heavy atom. The number of aliphatic carboxylic acids is 1. The van der Waals surface area contributed by atoms with E-state index < -0.39 is 36.0 Å². The average molecular weight is 481 g/mol. The molecule has 3 rings (SSSR count). The summed E-state index contributed by atoms with van der Waals surface area (Å²) in [4.78, 5) is 54.2. The maximum absolute atomic E-state index is 13.0. The molecule has 0 radical (unpaired) electrons. The zero-order chi connectivity index (χ0) is 25.0. The van der Waals surface area contributed by atoms with Gasteiger partial charge in [0, 0.05) is 26.2 Å². The Kier molecular flexibility index (Phi) is 8.78. The van der Waals surface area contributed by atoms with E-state index >= 15 is 0 Å². The summed E-state index contributed by atoms with van der Waals surface area (Å²) in [6, 6.07) is -1.69. The van der Waals surface area contributed by atoms with E-state index in [2.05, 4.69) is 5.32 Å². The first kappa shape index (κ1) is 26.2. The zero-order valence-corrected chi connectivity index (χ0v) is 20.9. The molecule has 3 fully saturated rings. The van der Waals surface area contributed by atoms with Crippen LogP contribution in [-0.4, -0.2) is 95.2 Å². The molecule has 0 spiro atoms. The summed E-state index contributed by atoms with van der Waals surface area (Å²) in [5.74, 6) is -1.30. The Hall–Kier alpha value is -2.36. The van der Waals surface area contributed by atoms with Crippen molar-refractivity contribution in [2.45, 2.75) is 65.5 Å². The number of carboxylic acids is 1. The number of carbonyl (C=O) groups excluding carboxylic acids is 3. The fraction of sp³-hybridized carbons (Fsp3) is 0.833. The number of hydrogen-bond acceptors (Lipinski definition) is 6. The van der Waals surface area contributed by atoms with Gasteiger partial charge in [-0.15, -0.1) is 0 Å². The molecule has 3 aliphatic rings. The third-order valence-corrected chi connectivity index (χ3v) is 7.38. The van der Waals surface area contributed by atoms with Crippen molar-refractivity contribution >= 4 is 24.0 Å². The first-order chi connectivity index (χ1) is 16.1. The molecule has 3 saturated heterocycles. The number of hydrogen-bond donors (Lipinski definition) is 2. The number of likely N-dealkylation sites (tertiary alicyclic amines) is 1. The number of carboxylic acid groups (broad SMARTS) is 1. The molecule has 3 aliphatic heterocycles. The van der Waals surface area contributed by atoms with E-state index in [9.17, 15) is 24.3 Å². The molecule has 2 atom stereocenters. The number of nitrogens with one attached hydrogen (secondary N) is 1. The van der Waals surface area contributed by atoms with Gasteiger partial charge >= 0.3 is 18.1 Å². The van der Waals surface area contributed by atoms with Gasteiger partial charge in [0.15, 0.2) is 6.04 Å². The van der Waals surface area contributed by atoms with Gasteiger partial charge in [-0.1, -0.05) is 27.7 Å². The molecule has 0 bridgehead atoms. The number of rotatable bonds is 7. The SMILES string of the molecule is CC(C)C(OC(=O)N1CCN(C(=O)N2C(=O)[C@H](CCC3CCNCC3)[C@H]2C(=O)O)CC1)C(C)C. The summed E-state index contributed by atoms with van der Waals surface area (Å²) in [6.45, 7) is 11.0. The minimum Gasteiger partial charge on any atom is -0.480 e. The highest BCUT2D eigenvalue weighted by molar-refractivity contribution is 6.07. The van der Waals surface area contributed by atoms with E-state index in [-0.39, 0.29) is 44.1 Å². The number of piperazine rings is 1. The van der Waals surface area contributed by atoms with Gasteiger partial charge in [0.2, 0.25) is 5.91 Å². The van der Waals surface area contributed by atoms with Crippen molar-refractivity contribution in [2.24, 2.45) is 23.7 Å². The number of carbonyl (C=O) groups is 4. The second-order valence-electron chi connectivity index (χ2n) is 10.5. The molecule has 3 heterocycles. The molecule has 0 unspecified atom stereocenters. The summed E-state index contributed by atoms with van der Waals surface area (Å²) in [7, 11) is 0. The second-order valence-corrected chi connectivity index (χ2v) is 10.5. The largest absolute Gasteiger partial charge is 0.480 e. The zero-order valence-electron chi connectivity index (χ0n) is 20.9. The monoisotopic (exact) mass is 480 g/mol. The number of amides is 4. The third-order valence-electron chi connectivity index (χ3n) is 7.38. The predicted octanol–water partition coefficient (Wildman–Crippen LogP) is 2.23. The minimum atomic E-state index is -1.14. The Bertz CT molecular complexity index is 751. The van der Waals surface area contributed by atoms with Gasteiger partial charge < -0.3 is 25.0 Å². The average Bonchev–Trinajstić information content (AvgIpc) is 2.80. The van der Waals surface area contributed by atoms with Crippen LogP contribution in [0.25, 0.3) is 0 Å². The molecule has 0 aromatic carbocycles. The van der Waals surface area contributed by atoms with Crippen LogP contribution in [0.2, 0.25) is 0 Å². The van der Waals surface area contributed by atoms with Crippen molar-refractivity contribution in [2.75, 3.05) is 39.3 Å². The quantitative estimate of drug-likeness (QED) is 0.536. The van der Waals surface area contributed by atoms with Crippen molar-refractivity contribution in [1.82, 2.24) is 20.0 Å². The Morgan fingerprint density at radius 3 is 2.06 bits per heavy atom. The van der Waals surface area contributed by atoms with Gasteiger partial charge in [-0.05, 0) is 56.5 Å².